The Morgan fingerprint density at radius 3 is 2.43 bits per heavy atom. The molecule has 23 heavy (non-hydrogen) atoms. The number of halogens is 2. The Hall–Kier alpha value is -1.93. The van der Waals surface area contributed by atoms with Crippen LogP contribution in [0, 0.1) is 23.0 Å². The van der Waals surface area contributed by atoms with Crippen LogP contribution in [0.1, 0.15) is 36.2 Å². The molecule has 2 N–H and O–H groups in total. The van der Waals surface area contributed by atoms with Gasteiger partial charge in [0, 0.05) is 12.1 Å². The predicted molar refractivity (Wildman–Crippen MR) is 86.0 cm³/mol. The number of carbonyl (C=O) groups is 2. The Balaban J connectivity index is 2.94. The van der Waals surface area contributed by atoms with E-state index in [1.165, 1.54) is 6.92 Å². The van der Waals surface area contributed by atoms with Gasteiger partial charge in [-0.25, -0.2) is 9.78 Å². The van der Waals surface area contributed by atoms with Crippen molar-refractivity contribution in [3.63, 3.8) is 0 Å². The third-order valence-corrected chi connectivity index (χ3v) is 3.51. The second-order valence-corrected chi connectivity index (χ2v) is 5.91. The number of aromatic nitrogens is 1. The number of nitrogens with zero attached hydrogens (tertiary/aromatic N) is 2. The molecular formula is C13H16Cl2N4O4. The highest BCUT2D eigenvalue weighted by Crippen LogP contribution is 2.32. The SMILES string of the molecule is Cc1c(C(=O)NC(=O)NCCC(C)C)c(Cl)nc(Cl)c1[N+](=O)[O-]. The number of nitrogens with one attached hydrogen (secondary N) is 2. The van der Waals surface area contributed by atoms with Crippen molar-refractivity contribution in [2.24, 2.45) is 5.92 Å². The summed E-state index contributed by atoms with van der Waals surface area (Å²) in [6.45, 7) is 5.68. The third-order valence-electron chi connectivity index (χ3n) is 2.97. The quantitative estimate of drug-likeness (QED) is 0.474. The van der Waals surface area contributed by atoms with Crippen molar-refractivity contribution < 1.29 is 14.5 Å². The monoisotopic (exact) mass is 362 g/mol. The van der Waals surface area contributed by atoms with Crippen LogP contribution in [0.15, 0.2) is 0 Å². The lowest BCUT2D eigenvalue weighted by Crippen LogP contribution is -2.40. The summed E-state index contributed by atoms with van der Waals surface area (Å²) in [6, 6.07) is -0.719. The van der Waals surface area contributed by atoms with Crippen molar-refractivity contribution in [3.05, 3.63) is 31.5 Å². The van der Waals surface area contributed by atoms with Gasteiger partial charge in [0.05, 0.1) is 10.5 Å². The van der Waals surface area contributed by atoms with Gasteiger partial charge in [-0.15, -0.1) is 0 Å². The second kappa shape index (κ2) is 8.07. The largest absolute Gasteiger partial charge is 0.338 e. The molecule has 3 amide bonds. The van der Waals surface area contributed by atoms with E-state index in [1.807, 2.05) is 13.8 Å². The molecule has 1 aromatic rings. The Morgan fingerprint density at radius 2 is 1.91 bits per heavy atom. The van der Waals surface area contributed by atoms with E-state index in [9.17, 15) is 19.7 Å². The molecule has 0 aliphatic heterocycles. The Morgan fingerprint density at radius 1 is 1.30 bits per heavy atom. The van der Waals surface area contributed by atoms with Crippen LogP contribution >= 0.6 is 23.2 Å². The number of rotatable bonds is 5. The van der Waals surface area contributed by atoms with Crippen LogP contribution in [0.3, 0.4) is 0 Å². The van der Waals surface area contributed by atoms with E-state index >= 15 is 0 Å². The van der Waals surface area contributed by atoms with E-state index in [1.54, 1.807) is 0 Å². The third kappa shape index (κ3) is 5.04. The molecule has 126 valence electrons. The highest BCUT2D eigenvalue weighted by Gasteiger charge is 2.27. The van der Waals surface area contributed by atoms with E-state index in [0.717, 1.165) is 6.42 Å². The molecule has 1 aromatic heterocycles. The van der Waals surface area contributed by atoms with Crippen molar-refractivity contribution in [1.29, 1.82) is 0 Å². The zero-order valence-electron chi connectivity index (χ0n) is 12.8. The number of imide groups is 1. The first kappa shape index (κ1) is 19.1. The smallest absolute Gasteiger partial charge is 0.321 e. The van der Waals surface area contributed by atoms with Crippen LogP contribution in [0.25, 0.3) is 0 Å². The molecule has 8 nitrogen and oxygen atoms in total. The van der Waals surface area contributed by atoms with E-state index in [0.29, 0.717) is 12.5 Å². The van der Waals surface area contributed by atoms with Crippen LogP contribution in [0.5, 0.6) is 0 Å². The minimum atomic E-state index is -0.887. The van der Waals surface area contributed by atoms with Gasteiger partial charge in [0.25, 0.3) is 5.91 Å². The van der Waals surface area contributed by atoms with Crippen LogP contribution in [-0.2, 0) is 0 Å². The molecule has 0 radical (unpaired) electrons. The molecule has 0 atom stereocenters. The summed E-state index contributed by atoms with van der Waals surface area (Å²) in [7, 11) is 0. The molecule has 1 heterocycles. The molecule has 0 aromatic carbocycles. The van der Waals surface area contributed by atoms with Crippen LogP contribution in [0.2, 0.25) is 10.3 Å². The van der Waals surface area contributed by atoms with Crippen LogP contribution < -0.4 is 10.6 Å². The van der Waals surface area contributed by atoms with Gasteiger partial charge in [-0.05, 0) is 19.3 Å². The van der Waals surface area contributed by atoms with Crippen molar-refractivity contribution in [2.75, 3.05) is 6.54 Å². The van der Waals surface area contributed by atoms with E-state index in [-0.39, 0.29) is 16.3 Å². The number of pyridine rings is 1. The van der Waals surface area contributed by atoms with Crippen molar-refractivity contribution in [1.82, 2.24) is 15.6 Å². The lowest BCUT2D eigenvalue weighted by Gasteiger charge is -2.11. The zero-order valence-corrected chi connectivity index (χ0v) is 14.3. The minimum absolute atomic E-state index is 0.0625. The molecule has 0 bridgehead atoms. The molecule has 0 saturated heterocycles. The van der Waals surface area contributed by atoms with Gasteiger partial charge in [-0.1, -0.05) is 37.0 Å². The molecule has 0 aliphatic carbocycles. The first-order chi connectivity index (χ1) is 10.6. The highest BCUT2D eigenvalue weighted by molar-refractivity contribution is 6.36. The maximum absolute atomic E-state index is 12.1. The molecule has 1 rings (SSSR count). The summed E-state index contributed by atoms with van der Waals surface area (Å²) >= 11 is 11.5. The van der Waals surface area contributed by atoms with Gasteiger partial charge in [-0.3, -0.25) is 20.2 Å². The summed E-state index contributed by atoms with van der Waals surface area (Å²) in [6.07, 6.45) is 0.745. The Kier molecular flexibility index (Phi) is 6.71. The average molecular weight is 363 g/mol. The van der Waals surface area contributed by atoms with E-state index in [2.05, 4.69) is 15.6 Å². The number of carbonyl (C=O) groups excluding carboxylic acids is 2. The summed E-state index contributed by atoms with van der Waals surface area (Å²) in [4.78, 5) is 37.6. The van der Waals surface area contributed by atoms with Gasteiger partial charge >= 0.3 is 11.7 Å². The zero-order chi connectivity index (χ0) is 17.7. The molecular weight excluding hydrogens is 347 g/mol. The summed E-state index contributed by atoms with van der Waals surface area (Å²) in [5, 5.41) is 14.8. The van der Waals surface area contributed by atoms with Crippen molar-refractivity contribution >= 4 is 40.8 Å². The first-order valence-corrected chi connectivity index (χ1v) is 7.49. The molecule has 0 saturated carbocycles. The van der Waals surface area contributed by atoms with E-state index in [4.69, 9.17) is 23.2 Å². The Labute approximate surface area is 142 Å². The van der Waals surface area contributed by atoms with E-state index < -0.39 is 27.7 Å². The maximum atomic E-state index is 12.1. The number of hydrogen-bond donors (Lipinski definition) is 2. The van der Waals surface area contributed by atoms with Crippen molar-refractivity contribution in [3.8, 4) is 0 Å². The maximum Gasteiger partial charge on any atom is 0.321 e. The molecule has 0 unspecified atom stereocenters. The standard InChI is InChI=1S/C13H16Cl2N4O4/c1-6(2)4-5-16-13(21)18-12(20)8-7(3)9(19(22)23)11(15)17-10(8)14/h6H,4-5H2,1-3H3,(H2,16,18,20,21). The fourth-order valence-corrected chi connectivity index (χ4v) is 2.43. The molecule has 10 heteroatoms. The molecule has 0 aliphatic rings. The van der Waals surface area contributed by atoms with Gasteiger partial charge in [0.2, 0.25) is 5.15 Å². The molecule has 0 spiro atoms. The lowest BCUT2D eigenvalue weighted by atomic mass is 10.1. The average Bonchev–Trinajstić information content (AvgIpc) is 2.36. The number of hydrogen-bond acceptors (Lipinski definition) is 5. The number of amides is 3. The van der Waals surface area contributed by atoms with Gasteiger partial charge < -0.3 is 5.32 Å². The number of urea groups is 1. The highest BCUT2D eigenvalue weighted by atomic mass is 35.5. The van der Waals surface area contributed by atoms with Crippen LogP contribution in [0.4, 0.5) is 10.5 Å². The predicted octanol–water partition coefficient (Wildman–Crippen LogP) is 3.09. The first-order valence-electron chi connectivity index (χ1n) is 6.74. The van der Waals surface area contributed by atoms with Crippen molar-refractivity contribution in [2.45, 2.75) is 27.2 Å². The summed E-state index contributed by atoms with van der Waals surface area (Å²) in [5.41, 5.74) is -0.851. The fourth-order valence-electron chi connectivity index (χ4n) is 1.78. The molecule has 0 fully saturated rings. The van der Waals surface area contributed by atoms with Gasteiger partial charge in [-0.2, -0.15) is 0 Å². The number of nitro groups is 1. The van der Waals surface area contributed by atoms with Gasteiger partial charge in [0.15, 0.2) is 0 Å². The normalized spacial score (nSPS) is 10.5. The summed E-state index contributed by atoms with van der Waals surface area (Å²) in [5.74, 6) is -0.493. The second-order valence-electron chi connectivity index (χ2n) is 5.19. The lowest BCUT2D eigenvalue weighted by molar-refractivity contribution is -0.385. The minimum Gasteiger partial charge on any atom is -0.338 e. The van der Waals surface area contributed by atoms with Crippen LogP contribution in [-0.4, -0.2) is 28.4 Å². The summed E-state index contributed by atoms with van der Waals surface area (Å²) < 4.78 is 0. The fraction of sp³-hybridized carbons (Fsp3) is 0.462. The Bertz CT molecular complexity index is 649. The topological polar surface area (TPSA) is 114 Å². The van der Waals surface area contributed by atoms with Gasteiger partial charge in [0.1, 0.15) is 5.15 Å².